The van der Waals surface area contributed by atoms with Crippen LogP contribution >= 0.6 is 11.6 Å². The number of pyridine rings is 1. The number of hydrogen-bond acceptors (Lipinski definition) is 4. The van der Waals surface area contributed by atoms with Crippen molar-refractivity contribution in [1.29, 1.82) is 0 Å². The van der Waals surface area contributed by atoms with Crippen molar-refractivity contribution in [3.05, 3.63) is 55.8 Å². The molecule has 0 atom stereocenters. The van der Waals surface area contributed by atoms with Crippen LogP contribution in [0.4, 0.5) is 11.5 Å². The van der Waals surface area contributed by atoms with Gasteiger partial charge in [0.1, 0.15) is 5.82 Å². The summed E-state index contributed by atoms with van der Waals surface area (Å²) in [7, 11) is 1.80. The molecule has 1 aromatic heterocycles. The first-order chi connectivity index (χ1) is 13.0. The maximum Gasteiger partial charge on any atom is 0.251 e. The summed E-state index contributed by atoms with van der Waals surface area (Å²) in [6.45, 7) is 5.65. The molecular formula is C20H25ClN4O2. The molecule has 3 rings (SSSR count). The van der Waals surface area contributed by atoms with Gasteiger partial charge in [-0.15, -0.1) is 0 Å². The van der Waals surface area contributed by atoms with Crippen LogP contribution in [-0.2, 0) is 19.5 Å². The summed E-state index contributed by atoms with van der Waals surface area (Å²) < 4.78 is 2.12. The molecule has 0 radical (unpaired) electrons. The maximum absolute atomic E-state index is 12.8. The van der Waals surface area contributed by atoms with E-state index in [0.717, 1.165) is 48.7 Å². The Labute approximate surface area is 163 Å². The zero-order valence-electron chi connectivity index (χ0n) is 15.9. The number of nitrogens with zero attached hydrogens (tertiary/aromatic N) is 1. The first kappa shape index (κ1) is 19.3. The van der Waals surface area contributed by atoms with Gasteiger partial charge in [-0.2, -0.15) is 0 Å². The third kappa shape index (κ3) is 3.81. The fourth-order valence-corrected chi connectivity index (χ4v) is 3.85. The summed E-state index contributed by atoms with van der Waals surface area (Å²) in [4.78, 5) is 25.3. The van der Waals surface area contributed by atoms with E-state index >= 15 is 0 Å². The van der Waals surface area contributed by atoms with Gasteiger partial charge in [0.2, 0.25) is 0 Å². The van der Waals surface area contributed by atoms with Crippen LogP contribution in [-0.4, -0.2) is 24.1 Å². The lowest BCUT2D eigenvalue weighted by Crippen LogP contribution is -2.29. The molecule has 0 spiro atoms. The minimum absolute atomic E-state index is 0.0519. The number of hydrogen-bond donors (Lipinski definition) is 3. The van der Waals surface area contributed by atoms with E-state index in [0.29, 0.717) is 16.1 Å². The summed E-state index contributed by atoms with van der Waals surface area (Å²) in [6, 6.07) is 5.15. The van der Waals surface area contributed by atoms with Crippen molar-refractivity contribution >= 4 is 29.0 Å². The molecule has 27 heavy (non-hydrogen) atoms. The average molecular weight is 389 g/mol. The zero-order valence-corrected chi connectivity index (χ0v) is 16.7. The van der Waals surface area contributed by atoms with E-state index in [1.165, 1.54) is 0 Å². The van der Waals surface area contributed by atoms with Crippen molar-refractivity contribution in [1.82, 2.24) is 9.88 Å². The molecule has 1 aliphatic rings. The van der Waals surface area contributed by atoms with Gasteiger partial charge in [-0.05, 0) is 44.4 Å². The quantitative estimate of drug-likeness (QED) is 0.710. The van der Waals surface area contributed by atoms with Crippen LogP contribution in [0.5, 0.6) is 0 Å². The Morgan fingerprint density at radius 2 is 2.07 bits per heavy atom. The third-order valence-corrected chi connectivity index (χ3v) is 5.18. The standard InChI is InChI=1S/C20H25ClN4O2/c1-4-23-17-9-13(21)8-15(12(17)2)20(27)24-11-16-18(26)10-14-6-5-7-25(14)19(16)22-3/h8-10,22-23H,4-7,11H2,1-3H3,(H,24,27). The van der Waals surface area contributed by atoms with Gasteiger partial charge in [-0.3, -0.25) is 9.59 Å². The van der Waals surface area contributed by atoms with Crippen molar-refractivity contribution in [2.45, 2.75) is 39.8 Å². The van der Waals surface area contributed by atoms with E-state index in [9.17, 15) is 9.59 Å². The molecule has 0 unspecified atom stereocenters. The molecular weight excluding hydrogens is 364 g/mol. The second-order valence-corrected chi connectivity index (χ2v) is 7.11. The number of aryl methyl sites for hydroxylation is 1. The number of anilines is 2. The van der Waals surface area contributed by atoms with Crippen molar-refractivity contribution in [2.24, 2.45) is 0 Å². The molecule has 0 aliphatic carbocycles. The van der Waals surface area contributed by atoms with E-state index in [4.69, 9.17) is 11.6 Å². The SMILES string of the molecule is CCNc1cc(Cl)cc(C(=O)NCc2c(NC)n3c(cc2=O)CCC3)c1C. The summed E-state index contributed by atoms with van der Waals surface area (Å²) in [5.41, 5.74) is 3.74. The van der Waals surface area contributed by atoms with Gasteiger partial charge >= 0.3 is 0 Å². The predicted octanol–water partition coefficient (Wildman–Crippen LogP) is 3.16. The second kappa shape index (κ2) is 8.05. The van der Waals surface area contributed by atoms with Crippen molar-refractivity contribution in [2.75, 3.05) is 24.2 Å². The maximum atomic E-state index is 12.8. The van der Waals surface area contributed by atoms with Crippen LogP contribution in [0, 0.1) is 6.92 Å². The van der Waals surface area contributed by atoms with E-state index in [1.807, 2.05) is 19.9 Å². The molecule has 3 N–H and O–H groups in total. The first-order valence-electron chi connectivity index (χ1n) is 9.21. The van der Waals surface area contributed by atoms with E-state index in [-0.39, 0.29) is 17.9 Å². The lowest BCUT2D eigenvalue weighted by Gasteiger charge is -2.17. The molecule has 0 saturated heterocycles. The van der Waals surface area contributed by atoms with E-state index in [1.54, 1.807) is 19.2 Å². The van der Waals surface area contributed by atoms with Crippen LogP contribution in [0.25, 0.3) is 0 Å². The molecule has 0 bridgehead atoms. The van der Waals surface area contributed by atoms with Crippen LogP contribution in [0.15, 0.2) is 23.0 Å². The number of nitrogens with one attached hydrogen (secondary N) is 3. The monoisotopic (exact) mass is 388 g/mol. The van der Waals surface area contributed by atoms with Crippen LogP contribution < -0.4 is 21.4 Å². The Balaban J connectivity index is 1.86. The Kier molecular flexibility index (Phi) is 5.75. The van der Waals surface area contributed by atoms with Crippen molar-refractivity contribution in [3.63, 3.8) is 0 Å². The molecule has 0 fully saturated rings. The van der Waals surface area contributed by atoms with Crippen LogP contribution in [0.1, 0.15) is 40.5 Å². The molecule has 2 aromatic rings. The van der Waals surface area contributed by atoms with Crippen LogP contribution in [0.2, 0.25) is 5.02 Å². The summed E-state index contributed by atoms with van der Waals surface area (Å²) in [5.74, 6) is 0.535. The van der Waals surface area contributed by atoms with E-state index in [2.05, 4.69) is 20.5 Å². The van der Waals surface area contributed by atoms with Crippen molar-refractivity contribution in [3.8, 4) is 0 Å². The molecule has 6 nitrogen and oxygen atoms in total. The fourth-order valence-electron chi connectivity index (χ4n) is 3.63. The number of carbonyl (C=O) groups excluding carboxylic acids is 1. The lowest BCUT2D eigenvalue weighted by molar-refractivity contribution is 0.0950. The Morgan fingerprint density at radius 3 is 2.78 bits per heavy atom. The van der Waals surface area contributed by atoms with Gasteiger partial charge < -0.3 is 20.5 Å². The molecule has 7 heteroatoms. The Bertz CT molecular complexity index is 937. The summed E-state index contributed by atoms with van der Waals surface area (Å²) >= 11 is 6.17. The van der Waals surface area contributed by atoms with Gasteiger partial charge in [0, 0.05) is 48.2 Å². The number of halogens is 1. The Morgan fingerprint density at radius 1 is 1.30 bits per heavy atom. The second-order valence-electron chi connectivity index (χ2n) is 6.67. The number of fused-ring (bicyclic) bond motifs is 1. The van der Waals surface area contributed by atoms with Gasteiger partial charge in [0.05, 0.1) is 12.1 Å². The third-order valence-electron chi connectivity index (χ3n) is 4.96. The van der Waals surface area contributed by atoms with Gasteiger partial charge in [-0.1, -0.05) is 11.6 Å². The number of benzene rings is 1. The van der Waals surface area contributed by atoms with Gasteiger partial charge in [0.15, 0.2) is 5.43 Å². The topological polar surface area (TPSA) is 75.2 Å². The highest BCUT2D eigenvalue weighted by Gasteiger charge is 2.20. The first-order valence-corrected chi connectivity index (χ1v) is 9.59. The van der Waals surface area contributed by atoms with Gasteiger partial charge in [0.25, 0.3) is 5.91 Å². The molecule has 144 valence electrons. The minimum atomic E-state index is -0.249. The molecule has 1 amide bonds. The highest BCUT2D eigenvalue weighted by atomic mass is 35.5. The molecule has 0 saturated carbocycles. The fraction of sp³-hybridized carbons (Fsp3) is 0.400. The smallest absolute Gasteiger partial charge is 0.251 e. The van der Waals surface area contributed by atoms with E-state index < -0.39 is 0 Å². The number of rotatable bonds is 6. The zero-order chi connectivity index (χ0) is 19.6. The predicted molar refractivity (Wildman–Crippen MR) is 110 cm³/mol. The summed E-state index contributed by atoms with van der Waals surface area (Å²) in [6.07, 6.45) is 1.93. The highest BCUT2D eigenvalue weighted by Crippen LogP contribution is 2.25. The normalized spacial score (nSPS) is 12.6. The number of aromatic nitrogens is 1. The van der Waals surface area contributed by atoms with Crippen molar-refractivity contribution < 1.29 is 4.79 Å². The number of carbonyl (C=O) groups is 1. The molecule has 1 aliphatic heterocycles. The summed E-state index contributed by atoms with van der Waals surface area (Å²) in [5, 5.41) is 9.72. The lowest BCUT2D eigenvalue weighted by atomic mass is 10.1. The van der Waals surface area contributed by atoms with Crippen LogP contribution in [0.3, 0.4) is 0 Å². The molecule has 2 heterocycles. The van der Waals surface area contributed by atoms with Gasteiger partial charge in [-0.25, -0.2) is 0 Å². The molecule has 1 aromatic carbocycles. The largest absolute Gasteiger partial charge is 0.385 e. The Hall–Kier alpha value is -2.47. The minimum Gasteiger partial charge on any atom is -0.385 e. The highest BCUT2D eigenvalue weighted by molar-refractivity contribution is 6.31. The number of amides is 1. The average Bonchev–Trinajstić information content (AvgIpc) is 3.10.